The Labute approximate surface area is 223 Å². The lowest BCUT2D eigenvalue weighted by atomic mass is 9.91. The van der Waals surface area contributed by atoms with E-state index in [1.807, 2.05) is 53.1 Å². The molecule has 3 atom stereocenters. The van der Waals surface area contributed by atoms with Crippen LogP contribution >= 0.6 is 0 Å². The second kappa shape index (κ2) is 11.7. The first-order valence-electron chi connectivity index (χ1n) is 13.5. The molecule has 38 heavy (non-hydrogen) atoms. The summed E-state index contributed by atoms with van der Waals surface area (Å²) in [4.78, 5) is 32.3. The predicted octanol–water partition coefficient (Wildman–Crippen LogP) is 5.54. The number of para-hydroxylation sites is 2. The van der Waals surface area contributed by atoms with Gasteiger partial charge in [0.1, 0.15) is 0 Å². The first-order valence-corrected chi connectivity index (χ1v) is 13.5. The molecule has 1 saturated heterocycles. The van der Waals surface area contributed by atoms with Gasteiger partial charge in [0, 0.05) is 25.2 Å². The molecule has 198 valence electrons. The van der Waals surface area contributed by atoms with E-state index in [4.69, 9.17) is 0 Å². The average Bonchev–Trinajstić information content (AvgIpc) is 3.28. The summed E-state index contributed by atoms with van der Waals surface area (Å²) in [6.07, 6.45) is 2.27. The van der Waals surface area contributed by atoms with Crippen LogP contribution in [0.5, 0.6) is 0 Å². The summed E-state index contributed by atoms with van der Waals surface area (Å²) in [6, 6.07) is 28.2. The van der Waals surface area contributed by atoms with Gasteiger partial charge in [0.25, 0.3) is 0 Å². The number of aromatic amines is 1. The van der Waals surface area contributed by atoms with Gasteiger partial charge in [-0.3, -0.25) is 9.47 Å². The van der Waals surface area contributed by atoms with Crippen LogP contribution in [-0.4, -0.2) is 55.7 Å². The Morgan fingerprint density at radius 2 is 1.66 bits per heavy atom. The fourth-order valence-electron chi connectivity index (χ4n) is 5.96. The number of rotatable bonds is 9. The number of carboxylic acid groups (broad SMARTS) is 1. The summed E-state index contributed by atoms with van der Waals surface area (Å²) in [7, 11) is 0. The van der Waals surface area contributed by atoms with Crippen LogP contribution in [0.1, 0.15) is 43.4 Å². The van der Waals surface area contributed by atoms with E-state index in [-0.39, 0.29) is 23.8 Å². The number of fused-ring (bicyclic) bond motifs is 1. The van der Waals surface area contributed by atoms with Crippen LogP contribution in [0.3, 0.4) is 0 Å². The van der Waals surface area contributed by atoms with Crippen LogP contribution < -0.4 is 5.69 Å². The zero-order valence-electron chi connectivity index (χ0n) is 21.9. The van der Waals surface area contributed by atoms with E-state index in [1.54, 1.807) is 4.90 Å². The van der Waals surface area contributed by atoms with Crippen LogP contribution in [-0.2, 0) is 13.0 Å². The van der Waals surface area contributed by atoms with E-state index in [9.17, 15) is 14.7 Å². The van der Waals surface area contributed by atoms with Crippen molar-refractivity contribution in [3.05, 3.63) is 107 Å². The largest absolute Gasteiger partial charge is 0.465 e. The van der Waals surface area contributed by atoms with Crippen molar-refractivity contribution in [2.75, 3.05) is 13.1 Å². The van der Waals surface area contributed by atoms with Crippen molar-refractivity contribution in [2.24, 2.45) is 0 Å². The molecule has 4 aromatic rings. The molecule has 5 rings (SSSR count). The molecule has 1 aliphatic heterocycles. The van der Waals surface area contributed by atoms with Crippen molar-refractivity contribution < 1.29 is 9.90 Å². The normalized spacial score (nSPS) is 18.6. The SMILES string of the molecule is CC(C1CC(n2c(=O)[nH]c3ccccc32)CCN1C(=O)O)N(CCCc1ccccc1)Cc1ccccc1. The Morgan fingerprint density at radius 3 is 2.37 bits per heavy atom. The number of hydrogen-bond donors (Lipinski definition) is 2. The summed E-state index contributed by atoms with van der Waals surface area (Å²) in [5.74, 6) is 0. The lowest BCUT2D eigenvalue weighted by Crippen LogP contribution is -2.56. The first kappa shape index (κ1) is 25.8. The van der Waals surface area contributed by atoms with E-state index < -0.39 is 6.09 Å². The van der Waals surface area contributed by atoms with Gasteiger partial charge in [-0.1, -0.05) is 72.8 Å². The van der Waals surface area contributed by atoms with Crippen LogP contribution in [0.4, 0.5) is 4.79 Å². The quantitative estimate of drug-likeness (QED) is 0.309. The Kier molecular flexibility index (Phi) is 7.94. The zero-order valence-corrected chi connectivity index (χ0v) is 21.9. The number of piperidine rings is 1. The van der Waals surface area contributed by atoms with E-state index in [1.165, 1.54) is 11.1 Å². The minimum Gasteiger partial charge on any atom is -0.465 e. The third-order valence-corrected chi connectivity index (χ3v) is 7.97. The van der Waals surface area contributed by atoms with Gasteiger partial charge < -0.3 is 15.0 Å². The van der Waals surface area contributed by atoms with Crippen LogP contribution in [0.2, 0.25) is 0 Å². The Bertz CT molecular complexity index is 1400. The van der Waals surface area contributed by atoms with Gasteiger partial charge in [0.15, 0.2) is 0 Å². The number of H-pyrrole nitrogens is 1. The molecule has 2 heterocycles. The Hall–Kier alpha value is -3.84. The maximum atomic E-state index is 12.9. The van der Waals surface area contributed by atoms with Crippen LogP contribution in [0, 0.1) is 0 Å². The molecule has 3 aromatic carbocycles. The smallest absolute Gasteiger partial charge is 0.407 e. The van der Waals surface area contributed by atoms with Crippen molar-refractivity contribution in [2.45, 2.75) is 57.3 Å². The van der Waals surface area contributed by atoms with Crippen molar-refractivity contribution in [1.82, 2.24) is 19.4 Å². The van der Waals surface area contributed by atoms with Crippen LogP contribution in [0.25, 0.3) is 11.0 Å². The van der Waals surface area contributed by atoms with E-state index in [0.717, 1.165) is 37.0 Å². The molecule has 7 nitrogen and oxygen atoms in total. The molecule has 0 saturated carbocycles. The Morgan fingerprint density at radius 1 is 1.00 bits per heavy atom. The lowest BCUT2D eigenvalue weighted by molar-refractivity contribution is 0.0398. The number of nitrogens with zero attached hydrogens (tertiary/aromatic N) is 3. The lowest BCUT2D eigenvalue weighted by Gasteiger charge is -2.44. The highest BCUT2D eigenvalue weighted by Crippen LogP contribution is 2.32. The number of nitrogens with one attached hydrogen (secondary N) is 1. The number of carbonyl (C=O) groups is 1. The fourth-order valence-corrected chi connectivity index (χ4v) is 5.96. The summed E-state index contributed by atoms with van der Waals surface area (Å²) < 4.78 is 1.84. The van der Waals surface area contributed by atoms with Gasteiger partial charge in [-0.15, -0.1) is 0 Å². The van der Waals surface area contributed by atoms with E-state index >= 15 is 0 Å². The summed E-state index contributed by atoms with van der Waals surface area (Å²) in [6.45, 7) is 4.15. The number of hydrogen-bond acceptors (Lipinski definition) is 3. The van der Waals surface area contributed by atoms with Crippen molar-refractivity contribution in [1.29, 1.82) is 0 Å². The molecule has 1 fully saturated rings. The molecular weight excluding hydrogens is 476 g/mol. The highest BCUT2D eigenvalue weighted by atomic mass is 16.4. The first-order chi connectivity index (χ1) is 18.5. The van der Waals surface area contributed by atoms with Gasteiger partial charge in [-0.2, -0.15) is 0 Å². The third-order valence-electron chi connectivity index (χ3n) is 7.97. The molecule has 0 aliphatic carbocycles. The molecular formula is C31H36N4O3. The van der Waals surface area contributed by atoms with Crippen molar-refractivity contribution >= 4 is 17.1 Å². The number of imidazole rings is 1. The molecule has 0 bridgehead atoms. The molecule has 1 aromatic heterocycles. The molecule has 3 unspecified atom stereocenters. The van der Waals surface area contributed by atoms with E-state index in [2.05, 4.69) is 53.2 Å². The molecule has 7 heteroatoms. The summed E-state index contributed by atoms with van der Waals surface area (Å²) in [5.41, 5.74) is 4.08. The van der Waals surface area contributed by atoms with Gasteiger partial charge in [-0.05, 0) is 62.4 Å². The average molecular weight is 513 g/mol. The maximum absolute atomic E-state index is 12.9. The number of aryl methyl sites for hydroxylation is 1. The zero-order chi connectivity index (χ0) is 26.5. The van der Waals surface area contributed by atoms with Crippen LogP contribution in [0.15, 0.2) is 89.7 Å². The van der Waals surface area contributed by atoms with Crippen molar-refractivity contribution in [3.8, 4) is 0 Å². The molecule has 2 N–H and O–H groups in total. The number of aromatic nitrogens is 2. The molecule has 0 radical (unpaired) electrons. The van der Waals surface area contributed by atoms with Crippen molar-refractivity contribution in [3.63, 3.8) is 0 Å². The van der Waals surface area contributed by atoms with E-state index in [0.29, 0.717) is 19.4 Å². The predicted molar refractivity (Wildman–Crippen MR) is 150 cm³/mol. The minimum absolute atomic E-state index is 0.0224. The molecule has 0 spiro atoms. The van der Waals surface area contributed by atoms with Gasteiger partial charge in [0.05, 0.1) is 17.1 Å². The number of amides is 1. The van der Waals surface area contributed by atoms with Gasteiger partial charge >= 0.3 is 11.8 Å². The topological polar surface area (TPSA) is 81.6 Å². The second-order valence-electron chi connectivity index (χ2n) is 10.3. The standard InChI is InChI=1S/C31H36N4O3/c1-23(33(22-25-13-6-3-7-14-25)19-10-15-24-11-4-2-5-12-24)29-21-26(18-20-34(29)31(37)38)35-28-17-9-8-16-27(28)32-30(35)36/h2-9,11-14,16-17,23,26,29H,10,15,18-22H2,1H3,(H,32,36)(H,37,38). The highest BCUT2D eigenvalue weighted by molar-refractivity contribution is 5.75. The summed E-state index contributed by atoms with van der Waals surface area (Å²) >= 11 is 0. The highest BCUT2D eigenvalue weighted by Gasteiger charge is 2.38. The minimum atomic E-state index is -0.893. The maximum Gasteiger partial charge on any atom is 0.407 e. The second-order valence-corrected chi connectivity index (χ2v) is 10.3. The number of benzene rings is 3. The molecule has 1 amide bonds. The van der Waals surface area contributed by atoms with Gasteiger partial charge in [0.2, 0.25) is 0 Å². The fraction of sp³-hybridized carbons (Fsp3) is 0.355. The Balaban J connectivity index is 1.40. The van der Waals surface area contributed by atoms with Gasteiger partial charge in [-0.25, -0.2) is 9.59 Å². The summed E-state index contributed by atoms with van der Waals surface area (Å²) in [5, 5.41) is 10.1. The molecule has 1 aliphatic rings. The monoisotopic (exact) mass is 512 g/mol. The third kappa shape index (κ3) is 5.68. The number of likely N-dealkylation sites (tertiary alicyclic amines) is 1.